The van der Waals surface area contributed by atoms with E-state index >= 15 is 0 Å². The summed E-state index contributed by atoms with van der Waals surface area (Å²) in [6, 6.07) is 15.7. The highest BCUT2D eigenvalue weighted by Crippen LogP contribution is 2.29. The molecule has 0 saturated carbocycles. The van der Waals surface area contributed by atoms with Gasteiger partial charge in [-0.1, -0.05) is 36.4 Å². The van der Waals surface area contributed by atoms with Gasteiger partial charge >= 0.3 is 0 Å². The first-order chi connectivity index (χ1) is 11.3. The zero-order valence-electron chi connectivity index (χ0n) is 12.9. The summed E-state index contributed by atoms with van der Waals surface area (Å²) >= 11 is 1.82. The molecule has 0 fully saturated rings. The molecule has 1 N–H and O–H groups in total. The van der Waals surface area contributed by atoms with E-state index in [9.17, 15) is 4.79 Å². The molecular formula is C18H18N2O2S. The summed E-state index contributed by atoms with van der Waals surface area (Å²) in [5.74, 6) is 1.56. The van der Waals surface area contributed by atoms with Crippen LogP contribution in [0.1, 0.15) is 17.5 Å². The van der Waals surface area contributed by atoms with Gasteiger partial charge in [0.15, 0.2) is 0 Å². The highest BCUT2D eigenvalue weighted by molar-refractivity contribution is 7.99. The Balaban J connectivity index is 1.70. The van der Waals surface area contributed by atoms with E-state index in [0.29, 0.717) is 0 Å². The highest BCUT2D eigenvalue weighted by atomic mass is 32.2. The van der Waals surface area contributed by atoms with Crippen molar-refractivity contribution in [2.45, 2.75) is 17.7 Å². The van der Waals surface area contributed by atoms with Crippen LogP contribution in [0.15, 0.2) is 58.5 Å². The second-order valence-electron chi connectivity index (χ2n) is 5.18. The molecule has 1 aliphatic heterocycles. The SMILES string of the molecule is COc1ccccc1CC(=O)N/N=C1/CCSc2ccccc21. The van der Waals surface area contributed by atoms with E-state index in [-0.39, 0.29) is 12.3 Å². The third-order valence-corrected chi connectivity index (χ3v) is 4.73. The van der Waals surface area contributed by atoms with Gasteiger partial charge in [0.2, 0.25) is 5.91 Å². The molecule has 1 aliphatic rings. The lowest BCUT2D eigenvalue weighted by Crippen LogP contribution is -2.23. The summed E-state index contributed by atoms with van der Waals surface area (Å²) in [6.45, 7) is 0. The molecule has 0 atom stereocenters. The Bertz CT molecular complexity index is 743. The topological polar surface area (TPSA) is 50.7 Å². The number of nitrogens with zero attached hydrogens (tertiary/aromatic N) is 1. The summed E-state index contributed by atoms with van der Waals surface area (Å²) in [5.41, 5.74) is 5.58. The van der Waals surface area contributed by atoms with E-state index in [1.54, 1.807) is 7.11 Å². The maximum absolute atomic E-state index is 12.2. The number of para-hydroxylation sites is 1. The van der Waals surface area contributed by atoms with Crippen molar-refractivity contribution < 1.29 is 9.53 Å². The molecule has 0 radical (unpaired) electrons. The van der Waals surface area contributed by atoms with E-state index in [1.807, 2.05) is 54.2 Å². The number of methoxy groups -OCH3 is 1. The van der Waals surface area contributed by atoms with Gasteiger partial charge in [-0.2, -0.15) is 5.10 Å². The van der Waals surface area contributed by atoms with Crippen molar-refractivity contribution in [1.82, 2.24) is 5.43 Å². The van der Waals surface area contributed by atoms with E-state index in [0.717, 1.165) is 34.8 Å². The van der Waals surface area contributed by atoms with Crippen LogP contribution in [-0.2, 0) is 11.2 Å². The first-order valence-electron chi connectivity index (χ1n) is 7.47. The molecule has 1 heterocycles. The number of nitrogens with one attached hydrogen (secondary N) is 1. The van der Waals surface area contributed by atoms with Gasteiger partial charge in [0.25, 0.3) is 0 Å². The average molecular weight is 326 g/mol. The van der Waals surface area contributed by atoms with Crippen LogP contribution in [0.2, 0.25) is 0 Å². The van der Waals surface area contributed by atoms with Crippen molar-refractivity contribution in [2.75, 3.05) is 12.9 Å². The molecule has 0 aliphatic carbocycles. The Kier molecular flexibility index (Phi) is 4.98. The Morgan fingerprint density at radius 3 is 2.87 bits per heavy atom. The molecule has 4 nitrogen and oxygen atoms in total. The molecule has 0 aromatic heterocycles. The fourth-order valence-corrected chi connectivity index (χ4v) is 3.56. The Labute approximate surface area is 139 Å². The summed E-state index contributed by atoms with van der Waals surface area (Å²) in [7, 11) is 1.60. The zero-order chi connectivity index (χ0) is 16.1. The number of hydrogen-bond donors (Lipinski definition) is 1. The molecule has 0 saturated heterocycles. The number of hydrogen-bond acceptors (Lipinski definition) is 4. The van der Waals surface area contributed by atoms with Crippen LogP contribution >= 0.6 is 11.8 Å². The van der Waals surface area contributed by atoms with Gasteiger partial charge in [-0.25, -0.2) is 5.43 Å². The van der Waals surface area contributed by atoms with Crippen LogP contribution in [0.25, 0.3) is 0 Å². The minimum Gasteiger partial charge on any atom is -0.496 e. The third kappa shape index (κ3) is 3.74. The lowest BCUT2D eigenvalue weighted by atomic mass is 10.1. The van der Waals surface area contributed by atoms with E-state index in [1.165, 1.54) is 4.90 Å². The van der Waals surface area contributed by atoms with Crippen LogP contribution in [0.5, 0.6) is 5.75 Å². The molecule has 0 spiro atoms. The maximum atomic E-state index is 12.2. The van der Waals surface area contributed by atoms with Crippen LogP contribution in [0.3, 0.4) is 0 Å². The van der Waals surface area contributed by atoms with Crippen LogP contribution in [-0.4, -0.2) is 24.5 Å². The fraction of sp³-hybridized carbons (Fsp3) is 0.222. The van der Waals surface area contributed by atoms with Crippen LogP contribution in [0.4, 0.5) is 0 Å². The molecule has 2 aromatic carbocycles. The minimum atomic E-state index is -0.141. The number of rotatable bonds is 4. The first-order valence-corrected chi connectivity index (χ1v) is 8.46. The smallest absolute Gasteiger partial charge is 0.244 e. The number of hydrazone groups is 1. The Hall–Kier alpha value is -2.27. The molecule has 3 rings (SSSR count). The number of thioether (sulfide) groups is 1. The van der Waals surface area contributed by atoms with E-state index in [4.69, 9.17) is 4.74 Å². The Morgan fingerprint density at radius 2 is 2.00 bits per heavy atom. The number of carbonyl (C=O) groups excluding carboxylic acids is 1. The number of ether oxygens (including phenoxy) is 1. The molecule has 1 amide bonds. The predicted octanol–water partition coefficient (Wildman–Crippen LogP) is 3.25. The van der Waals surface area contributed by atoms with Crippen molar-refractivity contribution >= 4 is 23.4 Å². The van der Waals surface area contributed by atoms with Crippen molar-refractivity contribution in [3.63, 3.8) is 0 Å². The summed E-state index contributed by atoms with van der Waals surface area (Å²) < 4.78 is 5.27. The molecule has 0 bridgehead atoms. The second kappa shape index (κ2) is 7.33. The Morgan fingerprint density at radius 1 is 1.22 bits per heavy atom. The zero-order valence-corrected chi connectivity index (χ0v) is 13.7. The van der Waals surface area contributed by atoms with Crippen molar-refractivity contribution in [3.8, 4) is 5.75 Å². The monoisotopic (exact) mass is 326 g/mol. The van der Waals surface area contributed by atoms with Gasteiger partial charge < -0.3 is 4.74 Å². The molecule has 23 heavy (non-hydrogen) atoms. The summed E-state index contributed by atoms with van der Waals surface area (Å²) in [5, 5.41) is 4.34. The number of fused-ring (bicyclic) bond motifs is 1. The van der Waals surface area contributed by atoms with Crippen molar-refractivity contribution in [3.05, 3.63) is 59.7 Å². The first kappa shape index (κ1) is 15.6. The normalized spacial score (nSPS) is 15.1. The largest absolute Gasteiger partial charge is 0.496 e. The van der Waals surface area contributed by atoms with Gasteiger partial charge in [-0.05, 0) is 12.1 Å². The van der Waals surface area contributed by atoms with Gasteiger partial charge in [-0.15, -0.1) is 11.8 Å². The van der Waals surface area contributed by atoms with Crippen molar-refractivity contribution in [1.29, 1.82) is 0 Å². The molecule has 0 unspecified atom stereocenters. The van der Waals surface area contributed by atoms with Crippen LogP contribution < -0.4 is 10.2 Å². The number of amides is 1. The molecule has 118 valence electrons. The van der Waals surface area contributed by atoms with Gasteiger partial charge in [0.05, 0.1) is 19.2 Å². The van der Waals surface area contributed by atoms with Crippen LogP contribution in [0, 0.1) is 0 Å². The molecular weight excluding hydrogens is 308 g/mol. The predicted molar refractivity (Wildman–Crippen MR) is 93.2 cm³/mol. The van der Waals surface area contributed by atoms with E-state index < -0.39 is 0 Å². The quantitative estimate of drug-likeness (QED) is 0.878. The lowest BCUT2D eigenvalue weighted by Gasteiger charge is -2.17. The number of carbonyl (C=O) groups is 1. The van der Waals surface area contributed by atoms with Gasteiger partial charge in [0.1, 0.15) is 5.75 Å². The maximum Gasteiger partial charge on any atom is 0.244 e. The van der Waals surface area contributed by atoms with E-state index in [2.05, 4.69) is 16.6 Å². The number of benzene rings is 2. The van der Waals surface area contributed by atoms with Crippen molar-refractivity contribution in [2.24, 2.45) is 5.10 Å². The minimum absolute atomic E-state index is 0.141. The lowest BCUT2D eigenvalue weighted by molar-refractivity contribution is -0.120. The highest BCUT2D eigenvalue weighted by Gasteiger charge is 2.16. The van der Waals surface area contributed by atoms with Gasteiger partial charge in [-0.3, -0.25) is 4.79 Å². The fourth-order valence-electron chi connectivity index (χ4n) is 2.53. The third-order valence-electron chi connectivity index (χ3n) is 3.65. The summed E-state index contributed by atoms with van der Waals surface area (Å²) in [6.07, 6.45) is 1.10. The summed E-state index contributed by atoms with van der Waals surface area (Å²) in [4.78, 5) is 13.4. The molecule has 5 heteroatoms. The second-order valence-corrected chi connectivity index (χ2v) is 6.31. The van der Waals surface area contributed by atoms with Gasteiger partial charge in [0, 0.05) is 28.2 Å². The average Bonchev–Trinajstić information content (AvgIpc) is 2.60. The standard InChI is InChI=1S/C18H18N2O2S/c1-22-16-8-4-2-6-13(16)12-18(21)20-19-15-10-11-23-17-9-5-3-7-14(15)17/h2-9H,10-12H2,1H3,(H,20,21)/b19-15-. The molecule has 2 aromatic rings.